The zero-order valence-corrected chi connectivity index (χ0v) is 22.0. The van der Waals surface area contributed by atoms with Gasteiger partial charge in [-0.3, -0.25) is 9.69 Å². The first-order valence-electron chi connectivity index (χ1n) is 12.7. The van der Waals surface area contributed by atoms with Gasteiger partial charge in [-0.1, -0.05) is 23.7 Å². The van der Waals surface area contributed by atoms with Gasteiger partial charge in [0.15, 0.2) is 11.6 Å². The quantitative estimate of drug-likeness (QED) is 0.485. The highest BCUT2D eigenvalue weighted by molar-refractivity contribution is 6.33. The summed E-state index contributed by atoms with van der Waals surface area (Å²) in [5.41, 5.74) is 3.49. The van der Waals surface area contributed by atoms with Crippen molar-refractivity contribution in [2.24, 2.45) is 7.05 Å². The Morgan fingerprint density at radius 2 is 1.68 bits per heavy atom. The Kier molecular flexibility index (Phi) is 7.40. The molecule has 2 saturated heterocycles. The van der Waals surface area contributed by atoms with E-state index in [0.29, 0.717) is 31.0 Å². The molecule has 0 aliphatic carbocycles. The van der Waals surface area contributed by atoms with Crippen molar-refractivity contribution in [3.8, 4) is 0 Å². The van der Waals surface area contributed by atoms with E-state index >= 15 is 0 Å². The average Bonchev–Trinajstić information content (AvgIpc) is 3.26. The summed E-state index contributed by atoms with van der Waals surface area (Å²) in [6.07, 6.45) is 2.04. The first-order valence-corrected chi connectivity index (χ1v) is 13.1. The molecule has 2 fully saturated rings. The standard InChI is InChI=1S/C28H32ClF2N5O/c1-20-17-35(22-7-8-24(30)25(31)16-22)13-14-36(20)28(37)27-15-21(18-32(27)2)19-33-9-11-34(12-10-33)26-6-4-3-5-23(26)29/h3-8,15-16,18,20H,9-14,17,19H2,1-2H3/t20-/m0/s1. The third-order valence-electron chi connectivity index (χ3n) is 7.41. The summed E-state index contributed by atoms with van der Waals surface area (Å²) in [6.45, 7) is 8.08. The fourth-order valence-electron chi connectivity index (χ4n) is 5.37. The second-order valence-corrected chi connectivity index (χ2v) is 10.4. The van der Waals surface area contributed by atoms with E-state index < -0.39 is 11.6 Å². The summed E-state index contributed by atoms with van der Waals surface area (Å²) in [5, 5.41) is 0.780. The number of halogens is 3. The van der Waals surface area contributed by atoms with Crippen LogP contribution >= 0.6 is 11.6 Å². The van der Waals surface area contributed by atoms with Crippen molar-refractivity contribution in [2.45, 2.75) is 19.5 Å². The Balaban J connectivity index is 1.18. The number of aryl methyl sites for hydroxylation is 1. The lowest BCUT2D eigenvalue weighted by Gasteiger charge is -2.41. The highest BCUT2D eigenvalue weighted by Crippen LogP contribution is 2.27. The summed E-state index contributed by atoms with van der Waals surface area (Å²) in [4.78, 5) is 22.0. The fraction of sp³-hybridized carbons (Fsp3) is 0.393. The monoisotopic (exact) mass is 527 g/mol. The lowest BCUT2D eigenvalue weighted by molar-refractivity contribution is 0.0664. The van der Waals surface area contributed by atoms with Crippen molar-refractivity contribution in [3.05, 3.63) is 82.6 Å². The van der Waals surface area contributed by atoms with E-state index in [2.05, 4.69) is 15.9 Å². The highest BCUT2D eigenvalue weighted by atomic mass is 35.5. The molecule has 1 aromatic heterocycles. The predicted octanol–water partition coefficient (Wildman–Crippen LogP) is 4.63. The largest absolute Gasteiger partial charge is 0.368 e. The number of hydrogen-bond acceptors (Lipinski definition) is 4. The molecule has 3 aromatic rings. The molecule has 0 spiro atoms. The molecular formula is C28H32ClF2N5O. The van der Waals surface area contributed by atoms with Gasteiger partial charge in [-0.05, 0) is 42.8 Å². The first kappa shape index (κ1) is 25.5. The predicted molar refractivity (Wildman–Crippen MR) is 143 cm³/mol. The topological polar surface area (TPSA) is 35.0 Å². The molecule has 1 amide bonds. The molecule has 6 nitrogen and oxygen atoms in total. The number of para-hydroxylation sites is 1. The van der Waals surface area contributed by atoms with Gasteiger partial charge in [0.25, 0.3) is 5.91 Å². The lowest BCUT2D eigenvalue weighted by Crippen LogP contribution is -2.54. The summed E-state index contributed by atoms with van der Waals surface area (Å²) in [7, 11) is 1.91. The molecule has 9 heteroatoms. The Hall–Kier alpha value is -3.10. The number of carbonyl (C=O) groups is 1. The maximum absolute atomic E-state index is 13.7. The van der Waals surface area contributed by atoms with Crippen LogP contribution in [0.1, 0.15) is 23.0 Å². The average molecular weight is 528 g/mol. The van der Waals surface area contributed by atoms with E-state index in [4.69, 9.17) is 11.6 Å². The fourth-order valence-corrected chi connectivity index (χ4v) is 5.62. The number of benzene rings is 2. The number of amides is 1. The first-order chi connectivity index (χ1) is 17.8. The lowest BCUT2D eigenvalue weighted by atomic mass is 10.1. The Labute approximate surface area is 221 Å². The minimum absolute atomic E-state index is 0.00488. The summed E-state index contributed by atoms with van der Waals surface area (Å²) >= 11 is 6.37. The second-order valence-electron chi connectivity index (χ2n) is 9.95. The van der Waals surface area contributed by atoms with Crippen LogP contribution in [0.2, 0.25) is 5.02 Å². The van der Waals surface area contributed by atoms with E-state index in [1.54, 1.807) is 6.07 Å². The third-order valence-corrected chi connectivity index (χ3v) is 7.73. The van der Waals surface area contributed by atoms with Gasteiger partial charge in [-0.2, -0.15) is 0 Å². The van der Waals surface area contributed by atoms with E-state index in [1.807, 2.05) is 58.8 Å². The smallest absolute Gasteiger partial charge is 0.270 e. The van der Waals surface area contributed by atoms with Crippen LogP contribution in [-0.2, 0) is 13.6 Å². The van der Waals surface area contributed by atoms with E-state index in [9.17, 15) is 13.6 Å². The zero-order chi connectivity index (χ0) is 26.1. The van der Waals surface area contributed by atoms with Gasteiger partial charge in [-0.25, -0.2) is 8.78 Å². The molecule has 0 radical (unpaired) electrons. The van der Waals surface area contributed by atoms with Crippen molar-refractivity contribution >= 4 is 28.9 Å². The van der Waals surface area contributed by atoms with E-state index in [1.165, 1.54) is 6.07 Å². The number of carbonyl (C=O) groups excluding carboxylic acids is 1. The molecule has 0 N–H and O–H groups in total. The van der Waals surface area contributed by atoms with Gasteiger partial charge < -0.3 is 19.3 Å². The molecule has 0 unspecified atom stereocenters. The van der Waals surface area contributed by atoms with Crippen molar-refractivity contribution in [2.75, 3.05) is 55.6 Å². The SMILES string of the molecule is C[C@H]1CN(c2ccc(F)c(F)c2)CCN1C(=O)c1cc(CN2CCN(c3ccccc3Cl)CC2)cn1C. The Bertz CT molecular complexity index is 1270. The summed E-state index contributed by atoms with van der Waals surface area (Å²) < 4.78 is 28.9. The zero-order valence-electron chi connectivity index (χ0n) is 21.2. The van der Waals surface area contributed by atoms with Crippen LogP contribution in [-0.4, -0.2) is 72.1 Å². The maximum Gasteiger partial charge on any atom is 0.270 e. The van der Waals surface area contributed by atoms with Gasteiger partial charge in [0.1, 0.15) is 5.69 Å². The van der Waals surface area contributed by atoms with Gasteiger partial charge >= 0.3 is 0 Å². The molecule has 3 heterocycles. The third kappa shape index (κ3) is 5.45. The number of anilines is 2. The molecule has 2 aromatic carbocycles. The van der Waals surface area contributed by atoms with Crippen LogP contribution in [0.3, 0.4) is 0 Å². The summed E-state index contributed by atoms with van der Waals surface area (Å²) in [5.74, 6) is -1.72. The molecule has 2 aliphatic heterocycles. The van der Waals surface area contributed by atoms with Gasteiger partial charge in [0, 0.05) is 83.4 Å². The van der Waals surface area contributed by atoms with Gasteiger partial charge in [-0.15, -0.1) is 0 Å². The minimum atomic E-state index is -0.856. The van der Waals surface area contributed by atoms with Crippen LogP contribution in [0.25, 0.3) is 0 Å². The molecule has 2 aliphatic rings. The van der Waals surface area contributed by atoms with Crippen LogP contribution in [0.5, 0.6) is 0 Å². The normalized spacial score (nSPS) is 18.9. The second kappa shape index (κ2) is 10.7. The van der Waals surface area contributed by atoms with Crippen LogP contribution in [0, 0.1) is 11.6 Å². The molecule has 37 heavy (non-hydrogen) atoms. The molecule has 1 atom stereocenters. The van der Waals surface area contributed by atoms with Gasteiger partial charge in [0.05, 0.1) is 10.7 Å². The molecule has 0 bridgehead atoms. The van der Waals surface area contributed by atoms with Crippen molar-refractivity contribution in [1.29, 1.82) is 0 Å². The van der Waals surface area contributed by atoms with E-state index in [0.717, 1.165) is 55.1 Å². The number of aromatic nitrogens is 1. The number of hydrogen-bond donors (Lipinski definition) is 0. The number of rotatable bonds is 5. The number of piperazine rings is 2. The van der Waals surface area contributed by atoms with E-state index in [-0.39, 0.29) is 11.9 Å². The van der Waals surface area contributed by atoms with Crippen LogP contribution < -0.4 is 9.80 Å². The molecular weight excluding hydrogens is 496 g/mol. The maximum atomic E-state index is 13.7. The Morgan fingerprint density at radius 1 is 0.946 bits per heavy atom. The molecule has 0 saturated carbocycles. The summed E-state index contributed by atoms with van der Waals surface area (Å²) in [6, 6.07) is 13.8. The Morgan fingerprint density at radius 3 is 2.38 bits per heavy atom. The van der Waals surface area contributed by atoms with Gasteiger partial charge in [0.2, 0.25) is 0 Å². The number of nitrogens with zero attached hydrogens (tertiary/aromatic N) is 5. The van der Waals surface area contributed by atoms with Crippen molar-refractivity contribution in [3.63, 3.8) is 0 Å². The van der Waals surface area contributed by atoms with Crippen LogP contribution in [0.4, 0.5) is 20.2 Å². The van der Waals surface area contributed by atoms with Crippen LogP contribution in [0.15, 0.2) is 54.7 Å². The van der Waals surface area contributed by atoms with Crippen molar-refractivity contribution in [1.82, 2.24) is 14.4 Å². The molecule has 5 rings (SSSR count). The minimum Gasteiger partial charge on any atom is -0.368 e. The highest BCUT2D eigenvalue weighted by Gasteiger charge is 2.30. The molecule has 196 valence electrons. The van der Waals surface area contributed by atoms with Crippen molar-refractivity contribution < 1.29 is 13.6 Å².